The summed E-state index contributed by atoms with van der Waals surface area (Å²) < 4.78 is 5.61. The van der Waals surface area contributed by atoms with Crippen LogP contribution in [0.4, 0.5) is 17.5 Å². The number of carbonyl (C=O) groups excluding carboxylic acids is 1. The summed E-state index contributed by atoms with van der Waals surface area (Å²) >= 11 is 0. The summed E-state index contributed by atoms with van der Waals surface area (Å²) in [5.41, 5.74) is 3.86. The molecule has 0 radical (unpaired) electrons. The predicted molar refractivity (Wildman–Crippen MR) is 124 cm³/mol. The number of hydrogen-bond acceptors (Lipinski definition) is 8. The minimum Gasteiger partial charge on any atom is -0.494 e. The molecule has 1 aromatic carbocycles. The number of halogens is 1. The number of H-pyrrole nitrogens is 1. The van der Waals surface area contributed by atoms with Crippen molar-refractivity contribution in [3.63, 3.8) is 0 Å². The van der Waals surface area contributed by atoms with Gasteiger partial charge in [-0.15, -0.1) is 12.4 Å². The van der Waals surface area contributed by atoms with Crippen LogP contribution in [0.3, 0.4) is 0 Å². The molecular weight excluding hydrogens is 434 g/mol. The lowest BCUT2D eigenvalue weighted by Crippen LogP contribution is -2.23. The van der Waals surface area contributed by atoms with E-state index in [2.05, 4.69) is 30.6 Å². The van der Waals surface area contributed by atoms with Crippen LogP contribution in [-0.2, 0) is 4.79 Å². The largest absolute Gasteiger partial charge is 0.494 e. The number of anilines is 3. The average Bonchev–Trinajstić information content (AvgIpc) is 3.27. The lowest BCUT2D eigenvalue weighted by atomic mass is 9.95. The van der Waals surface area contributed by atoms with E-state index in [1.165, 1.54) is 19.3 Å². The number of aromatic nitrogens is 4. The zero-order valence-electron chi connectivity index (χ0n) is 17.6. The van der Waals surface area contributed by atoms with Crippen LogP contribution in [0.5, 0.6) is 5.75 Å². The number of ether oxygens (including phenoxy) is 1. The molecular formula is C21H28ClN7O3. The predicted octanol–water partition coefficient (Wildman–Crippen LogP) is 3.93. The molecule has 2 aromatic heterocycles. The molecule has 1 aliphatic rings. The highest BCUT2D eigenvalue weighted by molar-refractivity contribution is 5.85. The number of hydrogen-bond donors (Lipinski definition) is 5. The highest BCUT2D eigenvalue weighted by Gasteiger charge is 2.17. The molecule has 0 unspecified atom stereocenters. The Morgan fingerprint density at radius 3 is 2.69 bits per heavy atom. The molecule has 0 atom stereocenters. The second kappa shape index (κ2) is 11.5. The Morgan fingerprint density at radius 1 is 1.16 bits per heavy atom. The maximum atomic E-state index is 11.0. The van der Waals surface area contributed by atoms with Crippen molar-refractivity contribution in [1.82, 2.24) is 25.4 Å². The Balaban J connectivity index is 0.00000289. The van der Waals surface area contributed by atoms with Crippen LogP contribution in [0.1, 0.15) is 44.9 Å². The van der Waals surface area contributed by atoms with Gasteiger partial charge in [0.15, 0.2) is 11.5 Å². The topological polar surface area (TPSA) is 137 Å². The number of imidazole rings is 1. The highest BCUT2D eigenvalue weighted by atomic mass is 35.5. The number of hydroxylamine groups is 1. The zero-order chi connectivity index (χ0) is 21.5. The number of nitrogens with one attached hydrogen (secondary N) is 4. The minimum atomic E-state index is -0.422. The van der Waals surface area contributed by atoms with Crippen LogP contribution in [-0.4, -0.2) is 43.7 Å². The van der Waals surface area contributed by atoms with Crippen LogP contribution < -0.4 is 20.9 Å². The van der Waals surface area contributed by atoms with Crippen molar-refractivity contribution < 1.29 is 14.7 Å². The first-order valence-corrected chi connectivity index (χ1v) is 10.6. The highest BCUT2D eigenvalue weighted by Crippen LogP contribution is 2.26. The third kappa shape index (κ3) is 6.21. The van der Waals surface area contributed by atoms with Crippen molar-refractivity contribution in [1.29, 1.82) is 0 Å². The molecule has 10 nitrogen and oxygen atoms in total. The first-order chi connectivity index (χ1) is 15.2. The average molecular weight is 462 g/mol. The standard InChI is InChI=1S/C21H27N7O3.ClH/c29-17(28-30)7-4-12-31-16-10-8-15(9-11-16)25-21-26-19-18(22-13-23-19)20(27-21)24-14-5-2-1-3-6-14;/h8-11,13-14,30H,1-7,12H2,(H,28,29)(H3,22,23,24,25,26,27);1H. The van der Waals surface area contributed by atoms with Gasteiger partial charge in [-0.1, -0.05) is 19.3 Å². The van der Waals surface area contributed by atoms with E-state index in [9.17, 15) is 4.79 Å². The number of rotatable bonds is 9. The fourth-order valence-corrected chi connectivity index (χ4v) is 3.68. The van der Waals surface area contributed by atoms with Gasteiger partial charge in [0.1, 0.15) is 11.3 Å². The molecule has 172 valence electrons. The zero-order valence-corrected chi connectivity index (χ0v) is 18.5. The number of nitrogens with zero attached hydrogens (tertiary/aromatic N) is 3. The van der Waals surface area contributed by atoms with E-state index >= 15 is 0 Å². The van der Waals surface area contributed by atoms with E-state index < -0.39 is 5.91 Å². The molecule has 1 fully saturated rings. The Labute approximate surface area is 192 Å². The van der Waals surface area contributed by atoms with Gasteiger partial charge in [-0.2, -0.15) is 9.97 Å². The summed E-state index contributed by atoms with van der Waals surface area (Å²) in [7, 11) is 0. The fraction of sp³-hybridized carbons (Fsp3) is 0.429. The van der Waals surface area contributed by atoms with Crippen LogP contribution in [0.15, 0.2) is 30.6 Å². The van der Waals surface area contributed by atoms with Crippen molar-refractivity contribution in [3.05, 3.63) is 30.6 Å². The smallest absolute Gasteiger partial charge is 0.243 e. The molecule has 0 aliphatic heterocycles. The van der Waals surface area contributed by atoms with Crippen molar-refractivity contribution in [3.8, 4) is 5.75 Å². The van der Waals surface area contributed by atoms with Crippen molar-refractivity contribution in [2.24, 2.45) is 0 Å². The third-order valence-corrected chi connectivity index (χ3v) is 5.28. The molecule has 1 saturated carbocycles. The number of carbonyl (C=O) groups is 1. The molecule has 1 amide bonds. The number of aromatic amines is 1. The van der Waals surface area contributed by atoms with E-state index in [0.717, 1.165) is 29.9 Å². The number of benzene rings is 1. The second-order valence-corrected chi connectivity index (χ2v) is 7.61. The Morgan fingerprint density at radius 2 is 1.94 bits per heavy atom. The van der Waals surface area contributed by atoms with Crippen LogP contribution in [0, 0.1) is 0 Å². The van der Waals surface area contributed by atoms with E-state index in [-0.39, 0.29) is 18.8 Å². The fourth-order valence-electron chi connectivity index (χ4n) is 3.68. The maximum Gasteiger partial charge on any atom is 0.243 e. The molecule has 32 heavy (non-hydrogen) atoms. The molecule has 4 rings (SSSR count). The minimum absolute atomic E-state index is 0. The van der Waals surface area contributed by atoms with Gasteiger partial charge >= 0.3 is 0 Å². The van der Waals surface area contributed by atoms with Gasteiger partial charge in [0.25, 0.3) is 0 Å². The van der Waals surface area contributed by atoms with Gasteiger partial charge in [-0.3, -0.25) is 10.0 Å². The van der Waals surface area contributed by atoms with Crippen LogP contribution in [0.25, 0.3) is 11.2 Å². The first-order valence-electron chi connectivity index (χ1n) is 10.6. The molecule has 0 saturated heterocycles. The van der Waals surface area contributed by atoms with Gasteiger partial charge in [-0.25, -0.2) is 10.5 Å². The van der Waals surface area contributed by atoms with E-state index in [0.29, 0.717) is 36.4 Å². The maximum absolute atomic E-state index is 11.0. The van der Waals surface area contributed by atoms with Crippen LogP contribution >= 0.6 is 12.4 Å². The summed E-state index contributed by atoms with van der Waals surface area (Å²) in [4.78, 5) is 27.6. The number of amides is 1. The van der Waals surface area contributed by atoms with Gasteiger partial charge < -0.3 is 20.4 Å². The Hall–Kier alpha value is -3.11. The molecule has 0 bridgehead atoms. The quantitative estimate of drug-likeness (QED) is 0.183. The first kappa shape index (κ1) is 23.6. The lowest BCUT2D eigenvalue weighted by molar-refractivity contribution is -0.129. The summed E-state index contributed by atoms with van der Waals surface area (Å²) in [5, 5.41) is 15.3. The molecule has 0 spiro atoms. The summed E-state index contributed by atoms with van der Waals surface area (Å²) in [6.07, 6.45) is 8.42. The van der Waals surface area contributed by atoms with Gasteiger partial charge in [0.05, 0.1) is 12.9 Å². The molecule has 3 aromatic rings. The molecule has 2 heterocycles. The summed E-state index contributed by atoms with van der Waals surface area (Å²) in [5.74, 6) is 1.51. The van der Waals surface area contributed by atoms with E-state index in [1.807, 2.05) is 24.3 Å². The Kier molecular flexibility index (Phi) is 8.46. The normalized spacial score (nSPS) is 13.9. The second-order valence-electron chi connectivity index (χ2n) is 7.61. The number of fused-ring (bicyclic) bond motifs is 1. The van der Waals surface area contributed by atoms with Gasteiger partial charge in [0, 0.05) is 18.2 Å². The van der Waals surface area contributed by atoms with Gasteiger partial charge in [-0.05, 0) is 43.5 Å². The lowest BCUT2D eigenvalue weighted by Gasteiger charge is -2.23. The summed E-state index contributed by atoms with van der Waals surface area (Å²) in [6.45, 7) is 0.384. The Bertz CT molecular complexity index is 1010. The third-order valence-electron chi connectivity index (χ3n) is 5.28. The van der Waals surface area contributed by atoms with Gasteiger partial charge in [0.2, 0.25) is 11.9 Å². The molecule has 5 N–H and O–H groups in total. The van der Waals surface area contributed by atoms with Crippen LogP contribution in [0.2, 0.25) is 0 Å². The van der Waals surface area contributed by atoms with Crippen molar-refractivity contribution >= 4 is 46.9 Å². The van der Waals surface area contributed by atoms with E-state index in [1.54, 1.807) is 11.8 Å². The SMILES string of the molecule is Cl.O=C(CCCOc1ccc(Nc2nc(NC3CCCCC3)c3[nH]cnc3n2)cc1)NO. The molecule has 11 heteroatoms. The van der Waals surface area contributed by atoms with Crippen molar-refractivity contribution in [2.75, 3.05) is 17.2 Å². The summed E-state index contributed by atoms with van der Waals surface area (Å²) in [6, 6.07) is 7.85. The van der Waals surface area contributed by atoms with Crippen molar-refractivity contribution in [2.45, 2.75) is 51.0 Å². The van der Waals surface area contributed by atoms with E-state index in [4.69, 9.17) is 9.94 Å². The monoisotopic (exact) mass is 461 g/mol. The molecule has 1 aliphatic carbocycles.